The second kappa shape index (κ2) is 11.6. The summed E-state index contributed by atoms with van der Waals surface area (Å²) in [7, 11) is 3.04. The van der Waals surface area contributed by atoms with E-state index >= 15 is 0 Å². The predicted octanol–water partition coefficient (Wildman–Crippen LogP) is 3.15. The minimum absolute atomic E-state index is 0.170. The third kappa shape index (κ3) is 8.43. The Bertz CT molecular complexity index is 771. The van der Waals surface area contributed by atoms with Crippen LogP contribution in [-0.4, -0.2) is 50.1 Å². The number of esters is 1. The smallest absolute Gasteiger partial charge is 0.305 e. The minimum Gasteiger partial charge on any atom is -0.497 e. The summed E-state index contributed by atoms with van der Waals surface area (Å²) in [4.78, 5) is 11.2. The second-order valence-corrected chi connectivity index (χ2v) is 7.97. The zero-order chi connectivity index (χ0) is 22.0. The number of methoxy groups -OCH3 is 2. The number of aliphatic hydroxyl groups is 1. The molecule has 0 unspecified atom stereocenters. The molecule has 0 spiro atoms. The highest BCUT2D eigenvalue weighted by Gasteiger charge is 2.19. The van der Waals surface area contributed by atoms with Gasteiger partial charge in [0.2, 0.25) is 0 Å². The quantitative estimate of drug-likeness (QED) is 0.519. The Morgan fingerprint density at radius 1 is 1.00 bits per heavy atom. The topological polar surface area (TPSA) is 77.0 Å². The minimum atomic E-state index is -0.626. The van der Waals surface area contributed by atoms with Crippen molar-refractivity contribution in [2.24, 2.45) is 0 Å². The summed E-state index contributed by atoms with van der Waals surface area (Å²) >= 11 is 0. The third-order valence-electron chi connectivity index (χ3n) is 4.83. The number of rotatable bonds is 12. The fourth-order valence-corrected chi connectivity index (χ4v) is 3.06. The van der Waals surface area contributed by atoms with Gasteiger partial charge in [-0.3, -0.25) is 4.79 Å². The number of aryl methyl sites for hydroxylation is 1. The van der Waals surface area contributed by atoms with E-state index in [1.165, 1.54) is 12.7 Å². The van der Waals surface area contributed by atoms with Crippen LogP contribution >= 0.6 is 0 Å². The molecule has 1 atom stereocenters. The first-order chi connectivity index (χ1) is 14.3. The summed E-state index contributed by atoms with van der Waals surface area (Å²) in [6.45, 7) is 4.85. The van der Waals surface area contributed by atoms with Gasteiger partial charge >= 0.3 is 5.97 Å². The lowest BCUT2D eigenvalue weighted by atomic mass is 9.94. The molecule has 2 N–H and O–H groups in total. The molecule has 2 aromatic carbocycles. The van der Waals surface area contributed by atoms with Crippen LogP contribution in [0.1, 0.15) is 31.4 Å². The molecule has 30 heavy (non-hydrogen) atoms. The van der Waals surface area contributed by atoms with E-state index in [0.29, 0.717) is 25.1 Å². The van der Waals surface area contributed by atoms with Crippen molar-refractivity contribution < 1.29 is 24.1 Å². The van der Waals surface area contributed by atoms with Crippen LogP contribution in [0.4, 0.5) is 0 Å². The molecule has 0 aliphatic rings. The molecule has 0 radical (unpaired) electrons. The van der Waals surface area contributed by atoms with Crippen molar-refractivity contribution in [1.82, 2.24) is 5.32 Å². The molecular weight excluding hydrogens is 382 g/mol. The molecule has 0 aliphatic heterocycles. The van der Waals surface area contributed by atoms with Crippen LogP contribution in [0, 0.1) is 0 Å². The van der Waals surface area contributed by atoms with Crippen LogP contribution in [0.5, 0.6) is 11.5 Å². The van der Waals surface area contributed by atoms with Gasteiger partial charge in [-0.05, 0) is 62.1 Å². The third-order valence-corrected chi connectivity index (χ3v) is 4.83. The number of β-amino-alcohol motifs (C(OH)–C–C–N with tert-alkyl or cyclic N) is 1. The first-order valence-electron chi connectivity index (χ1n) is 10.2. The van der Waals surface area contributed by atoms with E-state index in [9.17, 15) is 9.90 Å². The summed E-state index contributed by atoms with van der Waals surface area (Å²) in [6, 6.07) is 15.5. The Hall–Kier alpha value is -2.57. The van der Waals surface area contributed by atoms with Crippen molar-refractivity contribution in [3.05, 3.63) is 59.7 Å². The maximum atomic E-state index is 11.2. The van der Waals surface area contributed by atoms with Crippen LogP contribution in [0.25, 0.3) is 0 Å². The number of aliphatic hydroxyl groups excluding tert-OH is 1. The van der Waals surface area contributed by atoms with Crippen molar-refractivity contribution in [3.63, 3.8) is 0 Å². The predicted molar refractivity (Wildman–Crippen MR) is 117 cm³/mol. The van der Waals surface area contributed by atoms with Crippen molar-refractivity contribution in [2.45, 2.75) is 44.8 Å². The van der Waals surface area contributed by atoms with Crippen LogP contribution in [-0.2, 0) is 22.4 Å². The largest absolute Gasteiger partial charge is 0.497 e. The van der Waals surface area contributed by atoms with Gasteiger partial charge in [-0.1, -0.05) is 24.3 Å². The van der Waals surface area contributed by atoms with Gasteiger partial charge < -0.3 is 24.6 Å². The zero-order valence-electron chi connectivity index (χ0n) is 18.3. The molecule has 0 aliphatic carbocycles. The molecule has 164 valence electrons. The molecule has 6 heteroatoms. The summed E-state index contributed by atoms with van der Waals surface area (Å²) in [5.41, 5.74) is 2.07. The van der Waals surface area contributed by atoms with Crippen LogP contribution in [0.15, 0.2) is 48.5 Å². The van der Waals surface area contributed by atoms with Crippen LogP contribution in [0.3, 0.4) is 0 Å². The van der Waals surface area contributed by atoms with Gasteiger partial charge in [0.05, 0.1) is 14.2 Å². The number of carbonyl (C=O) groups excluding carboxylic acids is 1. The van der Waals surface area contributed by atoms with E-state index in [2.05, 4.69) is 36.0 Å². The highest BCUT2D eigenvalue weighted by molar-refractivity contribution is 5.69. The van der Waals surface area contributed by atoms with E-state index < -0.39 is 6.10 Å². The Morgan fingerprint density at radius 2 is 1.60 bits per heavy atom. The van der Waals surface area contributed by atoms with Crippen molar-refractivity contribution in [3.8, 4) is 11.5 Å². The number of hydrogen-bond donors (Lipinski definition) is 2. The van der Waals surface area contributed by atoms with Crippen LogP contribution in [0.2, 0.25) is 0 Å². The Morgan fingerprint density at radius 3 is 2.20 bits per heavy atom. The molecule has 0 amide bonds. The zero-order valence-corrected chi connectivity index (χ0v) is 18.3. The summed E-state index contributed by atoms with van der Waals surface area (Å²) < 4.78 is 15.5. The first kappa shape index (κ1) is 23.7. The molecule has 0 saturated heterocycles. The molecule has 0 bridgehead atoms. The lowest BCUT2D eigenvalue weighted by Crippen LogP contribution is -2.46. The molecule has 2 aromatic rings. The number of hydrogen-bond acceptors (Lipinski definition) is 6. The summed E-state index contributed by atoms with van der Waals surface area (Å²) in [5.74, 6) is 1.31. The lowest BCUT2D eigenvalue weighted by Gasteiger charge is -2.28. The molecule has 0 aromatic heterocycles. The van der Waals surface area contributed by atoms with Crippen molar-refractivity contribution in [2.75, 3.05) is 27.4 Å². The fourth-order valence-electron chi connectivity index (χ4n) is 3.06. The summed E-state index contributed by atoms with van der Waals surface area (Å²) in [6.07, 6.45) is 1.19. The van der Waals surface area contributed by atoms with Crippen molar-refractivity contribution in [1.29, 1.82) is 0 Å². The van der Waals surface area contributed by atoms with Gasteiger partial charge in [-0.25, -0.2) is 0 Å². The normalized spacial score (nSPS) is 12.3. The monoisotopic (exact) mass is 415 g/mol. The SMILES string of the molecule is COC(=O)CCc1ccc(OC[C@H](O)CNC(C)(C)Cc2ccc(OC)cc2)cc1. The van der Waals surface area contributed by atoms with Gasteiger partial charge in [0, 0.05) is 18.5 Å². The van der Waals surface area contributed by atoms with Gasteiger partial charge in [-0.15, -0.1) is 0 Å². The number of ether oxygens (including phenoxy) is 3. The van der Waals surface area contributed by atoms with Crippen molar-refractivity contribution >= 4 is 5.97 Å². The van der Waals surface area contributed by atoms with Gasteiger partial charge in [0.1, 0.15) is 24.2 Å². The first-order valence-corrected chi connectivity index (χ1v) is 10.2. The lowest BCUT2D eigenvalue weighted by molar-refractivity contribution is -0.140. The molecule has 0 heterocycles. The fraction of sp³-hybridized carbons (Fsp3) is 0.458. The van der Waals surface area contributed by atoms with Gasteiger partial charge in [0.25, 0.3) is 0 Å². The number of nitrogens with one attached hydrogen (secondary N) is 1. The molecule has 2 rings (SSSR count). The van der Waals surface area contributed by atoms with E-state index in [4.69, 9.17) is 9.47 Å². The number of benzene rings is 2. The molecule has 6 nitrogen and oxygen atoms in total. The second-order valence-electron chi connectivity index (χ2n) is 7.97. The average molecular weight is 416 g/mol. The van der Waals surface area contributed by atoms with Crippen LogP contribution < -0.4 is 14.8 Å². The highest BCUT2D eigenvalue weighted by Crippen LogP contribution is 2.17. The van der Waals surface area contributed by atoms with Gasteiger partial charge in [0.15, 0.2) is 0 Å². The summed E-state index contributed by atoms with van der Waals surface area (Å²) in [5, 5.41) is 13.7. The molecular formula is C24H33NO5. The maximum Gasteiger partial charge on any atom is 0.305 e. The maximum absolute atomic E-state index is 11.2. The number of carbonyl (C=O) groups is 1. The molecule has 0 saturated carbocycles. The Kier molecular flexibility index (Phi) is 9.15. The Balaban J connectivity index is 1.72. The average Bonchev–Trinajstić information content (AvgIpc) is 2.75. The van der Waals surface area contributed by atoms with E-state index in [1.54, 1.807) is 7.11 Å². The molecule has 0 fully saturated rings. The van der Waals surface area contributed by atoms with E-state index in [1.807, 2.05) is 36.4 Å². The highest BCUT2D eigenvalue weighted by atomic mass is 16.5. The van der Waals surface area contributed by atoms with E-state index in [-0.39, 0.29) is 18.1 Å². The van der Waals surface area contributed by atoms with Gasteiger partial charge in [-0.2, -0.15) is 0 Å². The Labute approximate surface area is 179 Å². The van der Waals surface area contributed by atoms with E-state index in [0.717, 1.165) is 17.7 Å². The standard InChI is InChI=1S/C24H33NO5/c1-24(2,15-19-7-10-21(28-3)11-8-19)25-16-20(26)17-30-22-12-5-18(6-13-22)9-14-23(27)29-4/h5-8,10-13,20,25-26H,9,14-17H2,1-4H3/t20-/m1/s1.